The van der Waals surface area contributed by atoms with Gasteiger partial charge in [-0.25, -0.2) is 4.98 Å². The number of hydrogen-bond donors (Lipinski definition) is 1. The van der Waals surface area contributed by atoms with E-state index < -0.39 is 0 Å². The molecule has 2 aromatic rings. The van der Waals surface area contributed by atoms with Crippen molar-refractivity contribution in [1.82, 2.24) is 10.3 Å². The number of nitrogens with one attached hydrogen (secondary N) is 1. The molecule has 3 heteroatoms. The van der Waals surface area contributed by atoms with E-state index >= 15 is 0 Å². The molecule has 1 aromatic carbocycles. The zero-order valence-corrected chi connectivity index (χ0v) is 14.1. The van der Waals surface area contributed by atoms with E-state index in [1.54, 1.807) is 11.3 Å². The fraction of sp³-hybridized carbons (Fsp3) is 0.500. The van der Waals surface area contributed by atoms with Crippen molar-refractivity contribution < 1.29 is 0 Å². The summed E-state index contributed by atoms with van der Waals surface area (Å²) in [6, 6.07) is 7.70. The largest absolute Gasteiger partial charge is 0.301 e. The zero-order chi connectivity index (χ0) is 15.0. The molecule has 1 aromatic heterocycles. The first kappa shape index (κ1) is 14.7. The van der Waals surface area contributed by atoms with Crippen molar-refractivity contribution in [3.63, 3.8) is 0 Å². The topological polar surface area (TPSA) is 24.9 Å². The molecule has 112 valence electrons. The van der Waals surface area contributed by atoms with E-state index in [0.29, 0.717) is 12.0 Å². The van der Waals surface area contributed by atoms with E-state index in [-0.39, 0.29) is 6.04 Å². The normalized spacial score (nSPS) is 16.4. The van der Waals surface area contributed by atoms with Crippen molar-refractivity contribution in [1.29, 1.82) is 0 Å². The Labute approximate surface area is 131 Å². The lowest BCUT2D eigenvalue weighted by molar-refractivity contribution is 0.595. The minimum Gasteiger partial charge on any atom is -0.301 e. The maximum atomic E-state index is 4.88. The molecule has 21 heavy (non-hydrogen) atoms. The van der Waals surface area contributed by atoms with Gasteiger partial charge in [-0.15, -0.1) is 11.3 Å². The molecular weight excluding hydrogens is 276 g/mol. The Bertz CT molecular complexity index is 626. The molecule has 0 saturated heterocycles. The highest BCUT2D eigenvalue weighted by Crippen LogP contribution is 2.32. The molecule has 1 atom stereocenters. The summed E-state index contributed by atoms with van der Waals surface area (Å²) in [7, 11) is 0. The summed E-state index contributed by atoms with van der Waals surface area (Å²) in [5, 5.41) is 7.18. The highest BCUT2D eigenvalue weighted by Gasteiger charge is 2.28. The van der Waals surface area contributed by atoms with Gasteiger partial charge in [-0.1, -0.05) is 32.0 Å². The standard InChI is InChI=1S/C18H24N2S/c1-11(2)16-10-21-18(20-16)17(19-15-7-8-15)14-6-5-12(3)13(4)9-14/h5-6,9-11,15,17,19H,7-8H2,1-4H3. The highest BCUT2D eigenvalue weighted by atomic mass is 32.1. The van der Waals surface area contributed by atoms with Gasteiger partial charge in [0.2, 0.25) is 0 Å². The molecule has 0 bridgehead atoms. The monoisotopic (exact) mass is 300 g/mol. The summed E-state index contributed by atoms with van der Waals surface area (Å²) in [6.45, 7) is 8.77. The van der Waals surface area contributed by atoms with E-state index in [1.165, 1.54) is 40.2 Å². The van der Waals surface area contributed by atoms with Crippen molar-refractivity contribution in [3.8, 4) is 0 Å². The van der Waals surface area contributed by atoms with Crippen molar-refractivity contribution >= 4 is 11.3 Å². The molecule has 1 aliphatic rings. The predicted octanol–water partition coefficient (Wildman–Crippen LogP) is 4.72. The second-order valence-electron chi connectivity index (χ2n) is 6.48. The molecule has 0 radical (unpaired) electrons. The summed E-state index contributed by atoms with van der Waals surface area (Å²) >= 11 is 1.79. The van der Waals surface area contributed by atoms with Crippen molar-refractivity contribution in [2.45, 2.75) is 58.5 Å². The fourth-order valence-electron chi connectivity index (χ4n) is 2.44. The van der Waals surface area contributed by atoms with Crippen LogP contribution < -0.4 is 5.32 Å². The van der Waals surface area contributed by atoms with Gasteiger partial charge in [0.05, 0.1) is 11.7 Å². The molecule has 0 spiro atoms. The smallest absolute Gasteiger partial charge is 0.114 e. The Morgan fingerprint density at radius 1 is 1.19 bits per heavy atom. The minimum absolute atomic E-state index is 0.245. The first-order valence-electron chi connectivity index (χ1n) is 7.83. The second kappa shape index (κ2) is 5.90. The van der Waals surface area contributed by atoms with Gasteiger partial charge in [0.25, 0.3) is 0 Å². The zero-order valence-electron chi connectivity index (χ0n) is 13.3. The maximum absolute atomic E-state index is 4.88. The number of benzene rings is 1. The molecule has 1 heterocycles. The van der Waals surface area contributed by atoms with Gasteiger partial charge in [0, 0.05) is 11.4 Å². The van der Waals surface area contributed by atoms with Crippen LogP contribution in [0.3, 0.4) is 0 Å². The summed E-state index contributed by atoms with van der Waals surface area (Å²) in [5.74, 6) is 0.497. The Kier molecular flexibility index (Phi) is 4.14. The van der Waals surface area contributed by atoms with E-state index in [4.69, 9.17) is 4.98 Å². The fourth-order valence-corrected chi connectivity index (χ4v) is 3.50. The first-order chi connectivity index (χ1) is 10.0. The average molecular weight is 300 g/mol. The van der Waals surface area contributed by atoms with E-state index in [2.05, 4.69) is 56.6 Å². The second-order valence-corrected chi connectivity index (χ2v) is 7.37. The maximum Gasteiger partial charge on any atom is 0.114 e. The molecule has 1 unspecified atom stereocenters. The van der Waals surface area contributed by atoms with Crippen molar-refractivity contribution in [3.05, 3.63) is 51.0 Å². The predicted molar refractivity (Wildman–Crippen MR) is 90.1 cm³/mol. The number of hydrogen-bond acceptors (Lipinski definition) is 3. The molecule has 3 rings (SSSR count). The van der Waals surface area contributed by atoms with Gasteiger partial charge in [0.15, 0.2) is 0 Å². The van der Waals surface area contributed by atoms with Crippen LogP contribution in [0.5, 0.6) is 0 Å². The summed E-state index contributed by atoms with van der Waals surface area (Å²) in [6.07, 6.45) is 2.59. The van der Waals surface area contributed by atoms with E-state index in [9.17, 15) is 0 Å². The molecule has 1 aliphatic carbocycles. The molecule has 1 fully saturated rings. The Morgan fingerprint density at radius 3 is 2.52 bits per heavy atom. The quantitative estimate of drug-likeness (QED) is 0.864. The first-order valence-corrected chi connectivity index (χ1v) is 8.71. The third kappa shape index (κ3) is 3.35. The van der Waals surface area contributed by atoms with Crippen LogP contribution in [0.1, 0.15) is 66.0 Å². The van der Waals surface area contributed by atoms with Gasteiger partial charge in [-0.3, -0.25) is 0 Å². The molecule has 1 saturated carbocycles. The Hall–Kier alpha value is -1.19. The van der Waals surface area contributed by atoms with Gasteiger partial charge in [-0.05, 0) is 49.3 Å². The molecule has 0 amide bonds. The molecule has 1 N–H and O–H groups in total. The lowest BCUT2D eigenvalue weighted by atomic mass is 10.0. The molecule has 0 aliphatic heterocycles. The van der Waals surface area contributed by atoms with Crippen LogP contribution in [0.25, 0.3) is 0 Å². The third-order valence-corrected chi connectivity index (χ3v) is 5.15. The van der Waals surface area contributed by atoms with Crippen LogP contribution in [0.2, 0.25) is 0 Å². The van der Waals surface area contributed by atoms with Gasteiger partial charge < -0.3 is 5.32 Å². The number of aromatic nitrogens is 1. The third-order valence-electron chi connectivity index (χ3n) is 4.22. The Morgan fingerprint density at radius 2 is 1.95 bits per heavy atom. The Balaban J connectivity index is 1.93. The number of rotatable bonds is 5. The van der Waals surface area contributed by atoms with Crippen LogP contribution in [0, 0.1) is 13.8 Å². The molecular formula is C18H24N2S. The van der Waals surface area contributed by atoms with Crippen LogP contribution in [-0.2, 0) is 0 Å². The van der Waals surface area contributed by atoms with E-state index in [0.717, 1.165) is 0 Å². The van der Waals surface area contributed by atoms with Crippen LogP contribution in [0.4, 0.5) is 0 Å². The average Bonchev–Trinajstić information content (AvgIpc) is 3.13. The van der Waals surface area contributed by atoms with Crippen LogP contribution >= 0.6 is 11.3 Å². The minimum atomic E-state index is 0.245. The van der Waals surface area contributed by atoms with Gasteiger partial charge in [-0.2, -0.15) is 0 Å². The van der Waals surface area contributed by atoms with Gasteiger partial charge in [0.1, 0.15) is 5.01 Å². The van der Waals surface area contributed by atoms with Gasteiger partial charge >= 0.3 is 0 Å². The van der Waals surface area contributed by atoms with Crippen LogP contribution in [0.15, 0.2) is 23.6 Å². The summed E-state index contributed by atoms with van der Waals surface area (Å²) in [5.41, 5.74) is 5.26. The lowest BCUT2D eigenvalue weighted by Gasteiger charge is -2.18. The van der Waals surface area contributed by atoms with Crippen molar-refractivity contribution in [2.75, 3.05) is 0 Å². The van der Waals surface area contributed by atoms with Crippen LogP contribution in [-0.4, -0.2) is 11.0 Å². The number of thiazole rings is 1. The van der Waals surface area contributed by atoms with E-state index in [1.807, 2.05) is 0 Å². The SMILES string of the molecule is Cc1ccc(C(NC2CC2)c2nc(C(C)C)cs2)cc1C. The summed E-state index contributed by atoms with van der Waals surface area (Å²) in [4.78, 5) is 4.88. The number of nitrogens with zero attached hydrogens (tertiary/aromatic N) is 1. The highest BCUT2D eigenvalue weighted by molar-refractivity contribution is 7.09. The molecule has 2 nitrogen and oxygen atoms in total. The number of aryl methyl sites for hydroxylation is 2. The summed E-state index contributed by atoms with van der Waals surface area (Å²) < 4.78 is 0. The lowest BCUT2D eigenvalue weighted by Crippen LogP contribution is -2.24. The van der Waals surface area contributed by atoms with Crippen molar-refractivity contribution in [2.24, 2.45) is 0 Å².